The van der Waals surface area contributed by atoms with Gasteiger partial charge in [0.15, 0.2) is 5.75 Å². The number of hydrogen-bond acceptors (Lipinski definition) is 3. The quantitative estimate of drug-likeness (QED) is 0.604. The summed E-state index contributed by atoms with van der Waals surface area (Å²) in [6, 6.07) is 0. The van der Waals surface area contributed by atoms with Crippen LogP contribution in [0.2, 0.25) is 5.28 Å². The van der Waals surface area contributed by atoms with Gasteiger partial charge in [0.25, 0.3) is 0 Å². The summed E-state index contributed by atoms with van der Waals surface area (Å²) in [6.07, 6.45) is 2.09. The van der Waals surface area contributed by atoms with Crippen molar-refractivity contribution in [3.63, 3.8) is 0 Å². The molecule has 3 nitrogen and oxygen atoms in total. The first-order chi connectivity index (χ1) is 5.47. The minimum atomic E-state index is -3.41. The summed E-state index contributed by atoms with van der Waals surface area (Å²) in [5.74, 6) is -0.165. The third kappa shape index (κ3) is 3.27. The third-order valence-corrected chi connectivity index (χ3v) is 1.19. The summed E-state index contributed by atoms with van der Waals surface area (Å²) >= 11 is 7.30. The predicted octanol–water partition coefficient (Wildman–Crippen LogP) is 2.45. The van der Waals surface area contributed by atoms with Crippen LogP contribution in [0.15, 0.2) is 12.4 Å². The van der Waals surface area contributed by atoms with Crippen molar-refractivity contribution in [2.45, 2.75) is 5.02 Å². The molecule has 0 fully saturated rings. The smallest absolute Gasteiger partial charge is 0.421 e. The molecule has 0 atom stereocenters. The maximum atomic E-state index is 12.1. The minimum absolute atomic E-state index is 0.0276. The number of ether oxygens (including phenoxy) is 1. The van der Waals surface area contributed by atoms with E-state index in [1.165, 1.54) is 0 Å². The minimum Gasteiger partial charge on any atom is -0.421 e. The van der Waals surface area contributed by atoms with Crippen LogP contribution < -0.4 is 4.74 Å². The van der Waals surface area contributed by atoms with Crippen LogP contribution in [-0.4, -0.2) is 15.0 Å². The van der Waals surface area contributed by atoms with Crippen LogP contribution in [0.25, 0.3) is 0 Å². The molecule has 0 N–H and O–H groups in total. The molecule has 0 aliphatic carbocycles. The second-order valence-electron chi connectivity index (χ2n) is 1.74. The first-order valence-electron chi connectivity index (χ1n) is 2.71. The Morgan fingerprint density at radius 3 is 2.33 bits per heavy atom. The zero-order valence-corrected chi connectivity index (χ0v) is 7.81. The van der Waals surface area contributed by atoms with E-state index in [2.05, 4.69) is 14.7 Å². The Morgan fingerprint density at radius 2 is 1.92 bits per heavy atom. The van der Waals surface area contributed by atoms with Crippen molar-refractivity contribution in [2.75, 3.05) is 0 Å². The van der Waals surface area contributed by atoms with Crippen molar-refractivity contribution >= 4 is 27.5 Å². The average molecular weight is 259 g/mol. The SMILES string of the molecule is FC(F)(Br)Oc1cnc(Cl)nc1. The molecule has 1 aromatic heterocycles. The van der Waals surface area contributed by atoms with Gasteiger partial charge < -0.3 is 4.74 Å². The summed E-state index contributed by atoms with van der Waals surface area (Å²) in [5, 5.41) is -3.44. The lowest BCUT2D eigenvalue weighted by Gasteiger charge is -2.09. The fourth-order valence-electron chi connectivity index (χ4n) is 0.487. The van der Waals surface area contributed by atoms with Crippen LogP contribution >= 0.6 is 27.5 Å². The molecule has 7 heteroatoms. The van der Waals surface area contributed by atoms with Crippen LogP contribution in [0.5, 0.6) is 5.75 Å². The monoisotopic (exact) mass is 258 g/mol. The van der Waals surface area contributed by atoms with E-state index in [1.807, 2.05) is 15.9 Å². The highest BCUT2D eigenvalue weighted by Gasteiger charge is 2.26. The molecule has 0 radical (unpaired) electrons. The summed E-state index contributed by atoms with van der Waals surface area (Å²) < 4.78 is 28.3. The topological polar surface area (TPSA) is 35.0 Å². The van der Waals surface area contributed by atoms with E-state index in [0.29, 0.717) is 0 Å². The molecule has 0 aliphatic rings. The largest absolute Gasteiger partial charge is 0.459 e. The highest BCUT2D eigenvalue weighted by molar-refractivity contribution is 9.09. The standard InChI is InChI=1S/C5H2BrClF2N2O/c6-5(8,9)12-3-1-10-4(7)11-2-3/h1-2H. The summed E-state index contributed by atoms with van der Waals surface area (Å²) in [6.45, 7) is 0. The van der Waals surface area contributed by atoms with Crippen LogP contribution in [0.3, 0.4) is 0 Å². The Labute approximate surface area is 79.9 Å². The summed E-state index contributed by atoms with van der Waals surface area (Å²) in [4.78, 5) is 6.88. The second-order valence-corrected chi connectivity index (χ2v) is 3.00. The lowest BCUT2D eigenvalue weighted by molar-refractivity contribution is -0.0807. The van der Waals surface area contributed by atoms with Gasteiger partial charge in [-0.15, -0.1) is 0 Å². The van der Waals surface area contributed by atoms with Crippen molar-refractivity contribution in [2.24, 2.45) is 0 Å². The molecular formula is C5H2BrClF2N2O. The first-order valence-corrected chi connectivity index (χ1v) is 3.88. The second kappa shape index (κ2) is 3.49. The van der Waals surface area contributed by atoms with E-state index >= 15 is 0 Å². The van der Waals surface area contributed by atoms with Crippen LogP contribution in [0.4, 0.5) is 8.78 Å². The van der Waals surface area contributed by atoms with E-state index in [1.54, 1.807) is 0 Å². The molecule has 1 aromatic rings. The van der Waals surface area contributed by atoms with E-state index < -0.39 is 5.02 Å². The molecule has 0 amide bonds. The predicted molar refractivity (Wildman–Crippen MR) is 41.5 cm³/mol. The van der Waals surface area contributed by atoms with Gasteiger partial charge in [-0.2, -0.15) is 8.78 Å². The normalized spacial score (nSPS) is 11.3. The molecule has 0 bridgehead atoms. The van der Waals surface area contributed by atoms with Gasteiger partial charge in [-0.05, 0) is 11.6 Å². The van der Waals surface area contributed by atoms with Gasteiger partial charge in [-0.3, -0.25) is 0 Å². The fourth-order valence-corrected chi connectivity index (χ4v) is 0.771. The number of aromatic nitrogens is 2. The number of rotatable bonds is 2. The Hall–Kier alpha value is -0.490. The lowest BCUT2D eigenvalue weighted by Crippen LogP contribution is -2.15. The molecule has 66 valence electrons. The van der Waals surface area contributed by atoms with E-state index in [9.17, 15) is 8.78 Å². The molecule has 0 aromatic carbocycles. The van der Waals surface area contributed by atoms with Gasteiger partial charge in [0.1, 0.15) is 0 Å². The molecule has 1 rings (SSSR count). The Balaban J connectivity index is 2.71. The molecule has 0 saturated carbocycles. The zero-order valence-electron chi connectivity index (χ0n) is 5.47. The Morgan fingerprint density at radius 1 is 1.42 bits per heavy atom. The van der Waals surface area contributed by atoms with Gasteiger partial charge >= 0.3 is 5.02 Å². The molecule has 0 aliphatic heterocycles. The van der Waals surface area contributed by atoms with E-state index in [0.717, 1.165) is 12.4 Å². The summed E-state index contributed by atoms with van der Waals surface area (Å²) in [7, 11) is 0. The fraction of sp³-hybridized carbons (Fsp3) is 0.200. The average Bonchev–Trinajstić information content (AvgIpc) is 1.91. The maximum Gasteiger partial charge on any atom is 0.459 e. The molecule has 1 heterocycles. The highest BCUT2D eigenvalue weighted by atomic mass is 79.9. The summed E-state index contributed by atoms with van der Waals surface area (Å²) in [5.41, 5.74) is 0. The number of halogens is 4. The Kier molecular flexibility index (Phi) is 2.79. The molecule has 0 saturated heterocycles. The number of hydrogen-bond donors (Lipinski definition) is 0. The van der Waals surface area contributed by atoms with Crippen molar-refractivity contribution in [3.05, 3.63) is 17.7 Å². The molecule has 12 heavy (non-hydrogen) atoms. The molecule has 0 unspecified atom stereocenters. The van der Waals surface area contributed by atoms with Gasteiger partial charge in [0.2, 0.25) is 5.28 Å². The molecule has 0 spiro atoms. The van der Waals surface area contributed by atoms with Crippen LogP contribution in [0.1, 0.15) is 0 Å². The van der Waals surface area contributed by atoms with Crippen LogP contribution in [0, 0.1) is 0 Å². The van der Waals surface area contributed by atoms with Crippen LogP contribution in [-0.2, 0) is 0 Å². The lowest BCUT2D eigenvalue weighted by atomic mass is 10.6. The zero-order chi connectivity index (χ0) is 9.19. The number of nitrogens with zero attached hydrogens (tertiary/aromatic N) is 2. The van der Waals surface area contributed by atoms with Crippen molar-refractivity contribution < 1.29 is 13.5 Å². The maximum absolute atomic E-state index is 12.1. The third-order valence-electron chi connectivity index (χ3n) is 0.830. The Bertz CT molecular complexity index is 263. The van der Waals surface area contributed by atoms with Gasteiger partial charge in [0.05, 0.1) is 12.4 Å². The first kappa shape index (κ1) is 9.60. The van der Waals surface area contributed by atoms with E-state index in [-0.39, 0.29) is 11.0 Å². The van der Waals surface area contributed by atoms with Crippen molar-refractivity contribution in [1.29, 1.82) is 0 Å². The van der Waals surface area contributed by atoms with Crippen molar-refractivity contribution in [3.8, 4) is 5.75 Å². The van der Waals surface area contributed by atoms with Gasteiger partial charge in [-0.25, -0.2) is 9.97 Å². The van der Waals surface area contributed by atoms with Gasteiger partial charge in [0, 0.05) is 15.9 Å². The van der Waals surface area contributed by atoms with Crippen molar-refractivity contribution in [1.82, 2.24) is 9.97 Å². The molecular weight excluding hydrogens is 257 g/mol. The highest BCUT2D eigenvalue weighted by Crippen LogP contribution is 2.25. The van der Waals surface area contributed by atoms with Gasteiger partial charge in [-0.1, -0.05) is 0 Å². The van der Waals surface area contributed by atoms with E-state index in [4.69, 9.17) is 11.6 Å². The number of alkyl halides is 3.